The third-order valence-corrected chi connectivity index (χ3v) is 6.03. The van der Waals surface area contributed by atoms with Gasteiger partial charge in [-0.15, -0.1) is 0 Å². The maximum absolute atomic E-state index is 13.2. The van der Waals surface area contributed by atoms with E-state index in [4.69, 9.17) is 4.74 Å². The van der Waals surface area contributed by atoms with Gasteiger partial charge in [-0.1, -0.05) is 0 Å². The van der Waals surface area contributed by atoms with Crippen molar-refractivity contribution in [3.8, 4) is 0 Å². The summed E-state index contributed by atoms with van der Waals surface area (Å²) in [4.78, 5) is 55.1. The molecule has 1 aliphatic heterocycles. The fraction of sp³-hybridized carbons (Fsp3) is 0.375. The van der Waals surface area contributed by atoms with E-state index >= 15 is 0 Å². The van der Waals surface area contributed by atoms with Crippen LogP contribution in [-0.2, 0) is 14.3 Å². The predicted octanol–water partition coefficient (Wildman–Crippen LogP) is 2.70. The molecule has 186 valence electrons. The number of benzene rings is 1. The molecule has 0 bridgehead atoms. The van der Waals surface area contributed by atoms with E-state index < -0.39 is 34.4 Å². The van der Waals surface area contributed by atoms with Crippen molar-refractivity contribution in [3.05, 3.63) is 68.0 Å². The highest BCUT2D eigenvalue weighted by Crippen LogP contribution is 2.41. The molecule has 1 amide bonds. The smallest absolute Gasteiger partial charge is 0.354 e. The standard InChI is InChI=1S/C24H28N4O7/c1-13-17(14(2)25-19(13)24(32)35-5)21(29)18-20(15-7-9-16(10-8-15)28(33)34)27(23(31)22(18)30)12-6-11-26(3)4/h7-10,20,25,29H,6,11-12H2,1-5H3/b21-18+/t20-/m0/s1. The Kier molecular flexibility index (Phi) is 7.39. The van der Waals surface area contributed by atoms with E-state index in [-0.39, 0.29) is 29.1 Å². The zero-order valence-corrected chi connectivity index (χ0v) is 20.2. The van der Waals surface area contributed by atoms with Gasteiger partial charge in [0.15, 0.2) is 0 Å². The average Bonchev–Trinajstić information content (AvgIpc) is 3.25. The summed E-state index contributed by atoms with van der Waals surface area (Å²) < 4.78 is 4.77. The normalized spacial score (nSPS) is 17.3. The van der Waals surface area contributed by atoms with Gasteiger partial charge >= 0.3 is 5.97 Å². The van der Waals surface area contributed by atoms with Crippen molar-refractivity contribution in [3.63, 3.8) is 0 Å². The second-order valence-corrected chi connectivity index (χ2v) is 8.61. The molecule has 1 aromatic heterocycles. The largest absolute Gasteiger partial charge is 0.507 e. The Bertz CT molecular complexity index is 1210. The highest BCUT2D eigenvalue weighted by atomic mass is 16.6. The average molecular weight is 485 g/mol. The van der Waals surface area contributed by atoms with Gasteiger partial charge in [0.25, 0.3) is 17.4 Å². The molecular formula is C24H28N4O7. The van der Waals surface area contributed by atoms with E-state index in [0.717, 1.165) is 0 Å². The molecule has 1 fully saturated rings. The van der Waals surface area contributed by atoms with Crippen LogP contribution in [0.4, 0.5) is 5.69 Å². The number of aromatic nitrogens is 1. The summed E-state index contributed by atoms with van der Waals surface area (Å²) in [7, 11) is 5.00. The Morgan fingerprint density at radius 2 is 1.86 bits per heavy atom. The second-order valence-electron chi connectivity index (χ2n) is 8.61. The first-order chi connectivity index (χ1) is 16.5. The van der Waals surface area contributed by atoms with Crippen molar-refractivity contribution >= 4 is 29.1 Å². The number of likely N-dealkylation sites (tertiary alicyclic amines) is 1. The van der Waals surface area contributed by atoms with E-state index in [1.54, 1.807) is 13.8 Å². The van der Waals surface area contributed by atoms with E-state index in [1.165, 1.54) is 36.3 Å². The molecule has 1 aliphatic rings. The lowest BCUT2D eigenvalue weighted by Crippen LogP contribution is -2.32. The lowest BCUT2D eigenvalue weighted by Gasteiger charge is -2.26. The number of hydrogen-bond donors (Lipinski definition) is 2. The SMILES string of the molecule is COC(=O)c1[nH]c(C)c(/C(O)=C2\C(=O)C(=O)N(CCCN(C)C)[C@H]2c2ccc([N+](=O)[O-])cc2)c1C. The molecule has 0 unspecified atom stereocenters. The molecule has 1 atom stereocenters. The predicted molar refractivity (Wildman–Crippen MR) is 127 cm³/mol. The number of ketones is 1. The minimum absolute atomic E-state index is 0.124. The number of rotatable bonds is 8. The van der Waals surface area contributed by atoms with Gasteiger partial charge in [-0.3, -0.25) is 19.7 Å². The molecule has 2 N–H and O–H groups in total. The number of methoxy groups -OCH3 is 1. The number of nitro groups is 1. The number of nitro benzene ring substituents is 1. The summed E-state index contributed by atoms with van der Waals surface area (Å²) in [5, 5.41) is 22.4. The monoisotopic (exact) mass is 484 g/mol. The highest BCUT2D eigenvalue weighted by molar-refractivity contribution is 6.46. The Hall–Kier alpha value is -3.99. The Morgan fingerprint density at radius 3 is 2.40 bits per heavy atom. The summed E-state index contributed by atoms with van der Waals surface area (Å²) in [6.07, 6.45) is 0.568. The molecule has 0 aliphatic carbocycles. The van der Waals surface area contributed by atoms with E-state index in [2.05, 4.69) is 4.98 Å². The van der Waals surface area contributed by atoms with Crippen LogP contribution in [0.2, 0.25) is 0 Å². The van der Waals surface area contributed by atoms with Crippen LogP contribution in [0.15, 0.2) is 29.8 Å². The van der Waals surface area contributed by atoms with Crippen LogP contribution >= 0.6 is 0 Å². The summed E-state index contributed by atoms with van der Waals surface area (Å²) in [6.45, 7) is 4.12. The van der Waals surface area contributed by atoms with Crippen LogP contribution in [-0.4, -0.2) is 76.8 Å². The Balaban J connectivity index is 2.18. The molecule has 3 rings (SSSR count). The molecule has 11 heteroatoms. The van der Waals surface area contributed by atoms with E-state index in [0.29, 0.717) is 29.8 Å². The molecule has 11 nitrogen and oxygen atoms in total. The molecule has 1 saturated heterocycles. The van der Waals surface area contributed by atoms with Gasteiger partial charge in [0.2, 0.25) is 0 Å². The fourth-order valence-electron chi connectivity index (χ4n) is 4.34. The summed E-state index contributed by atoms with van der Waals surface area (Å²) in [6, 6.07) is 4.57. The number of aromatic amines is 1. The zero-order valence-electron chi connectivity index (χ0n) is 20.2. The van der Waals surface area contributed by atoms with Crippen molar-refractivity contribution in [2.75, 3.05) is 34.3 Å². The number of hydrogen-bond acceptors (Lipinski definition) is 8. The topological polar surface area (TPSA) is 146 Å². The molecule has 1 aromatic carbocycles. The molecular weight excluding hydrogens is 456 g/mol. The first-order valence-electron chi connectivity index (χ1n) is 10.9. The fourth-order valence-corrected chi connectivity index (χ4v) is 4.34. The lowest BCUT2D eigenvalue weighted by molar-refractivity contribution is -0.384. The van der Waals surface area contributed by atoms with Gasteiger partial charge < -0.3 is 24.6 Å². The number of aryl methyl sites for hydroxylation is 1. The number of nitrogens with one attached hydrogen (secondary N) is 1. The number of amides is 1. The van der Waals surface area contributed by atoms with Gasteiger partial charge in [-0.25, -0.2) is 4.79 Å². The lowest BCUT2D eigenvalue weighted by atomic mass is 9.94. The number of Topliss-reactive ketones (excluding diaryl/α,β-unsaturated/α-hetero) is 1. The summed E-state index contributed by atoms with van der Waals surface area (Å²) >= 11 is 0. The summed E-state index contributed by atoms with van der Waals surface area (Å²) in [5.41, 5.74) is 1.30. The number of carbonyl (C=O) groups excluding carboxylic acids is 3. The molecule has 0 spiro atoms. The number of esters is 1. The van der Waals surface area contributed by atoms with Crippen molar-refractivity contribution in [2.45, 2.75) is 26.3 Å². The van der Waals surface area contributed by atoms with Crippen molar-refractivity contribution in [1.82, 2.24) is 14.8 Å². The van der Waals surface area contributed by atoms with Gasteiger partial charge in [0.1, 0.15) is 11.5 Å². The molecule has 2 heterocycles. The highest BCUT2D eigenvalue weighted by Gasteiger charge is 2.46. The first kappa shape index (κ1) is 25.6. The van der Waals surface area contributed by atoms with E-state index in [9.17, 15) is 29.6 Å². The number of aliphatic hydroxyl groups excluding tert-OH is 1. The van der Waals surface area contributed by atoms with Crippen LogP contribution in [0.5, 0.6) is 0 Å². The number of carbonyl (C=O) groups is 3. The van der Waals surface area contributed by atoms with Crippen LogP contribution in [0, 0.1) is 24.0 Å². The zero-order chi connectivity index (χ0) is 26.0. The number of ether oxygens (including phenoxy) is 1. The maximum Gasteiger partial charge on any atom is 0.354 e. The molecule has 2 aromatic rings. The van der Waals surface area contributed by atoms with Crippen LogP contribution in [0.25, 0.3) is 5.76 Å². The van der Waals surface area contributed by atoms with Crippen molar-refractivity contribution < 1.29 is 29.2 Å². The minimum Gasteiger partial charge on any atom is -0.507 e. The molecule has 35 heavy (non-hydrogen) atoms. The van der Waals surface area contributed by atoms with Gasteiger partial charge in [0, 0.05) is 29.9 Å². The van der Waals surface area contributed by atoms with Crippen LogP contribution < -0.4 is 0 Å². The number of H-pyrrole nitrogens is 1. The van der Waals surface area contributed by atoms with Crippen LogP contribution in [0.3, 0.4) is 0 Å². The maximum atomic E-state index is 13.2. The van der Waals surface area contributed by atoms with Crippen molar-refractivity contribution in [2.24, 2.45) is 0 Å². The Labute approximate surface area is 202 Å². The van der Waals surface area contributed by atoms with Gasteiger partial charge in [0.05, 0.1) is 23.6 Å². The van der Waals surface area contributed by atoms with Crippen LogP contribution in [0.1, 0.15) is 45.3 Å². The third-order valence-electron chi connectivity index (χ3n) is 6.03. The quantitative estimate of drug-likeness (QED) is 0.145. The number of aliphatic hydroxyl groups is 1. The molecule has 0 saturated carbocycles. The first-order valence-corrected chi connectivity index (χ1v) is 10.9. The van der Waals surface area contributed by atoms with E-state index in [1.807, 2.05) is 19.0 Å². The minimum atomic E-state index is -0.951. The van der Waals surface area contributed by atoms with Crippen molar-refractivity contribution in [1.29, 1.82) is 0 Å². The molecule has 0 radical (unpaired) electrons. The summed E-state index contributed by atoms with van der Waals surface area (Å²) in [5.74, 6) is -2.70. The Morgan fingerprint density at radius 1 is 1.23 bits per heavy atom. The van der Waals surface area contributed by atoms with Gasteiger partial charge in [-0.05, 0) is 64.2 Å². The number of nitrogens with zero attached hydrogens (tertiary/aromatic N) is 3. The van der Waals surface area contributed by atoms with Gasteiger partial charge in [-0.2, -0.15) is 0 Å². The second kappa shape index (κ2) is 10.1. The third kappa shape index (κ3) is 4.80. The number of non-ortho nitro benzene ring substituents is 1.